The molecule has 2 aliphatic rings. The molecule has 1 heterocycles. The standard InChI is InChI=1S/C17H22O5/c1-9-5-6-13(19)10(2)8-15-16(11(3)17(20)22-15)14(7-9)21-12(4)18/h5,8,11,14-16H,6-7H2,1-4H3. The molecule has 1 fully saturated rings. The third-order valence-corrected chi connectivity index (χ3v) is 4.34. The van der Waals surface area contributed by atoms with Crippen molar-refractivity contribution in [2.24, 2.45) is 11.8 Å². The van der Waals surface area contributed by atoms with Crippen LogP contribution in [0, 0.1) is 11.8 Å². The molecular weight excluding hydrogens is 284 g/mol. The van der Waals surface area contributed by atoms with E-state index in [-0.39, 0.29) is 29.6 Å². The smallest absolute Gasteiger partial charge is 0.309 e. The molecule has 1 saturated heterocycles. The number of ether oxygens (including phenoxy) is 2. The van der Waals surface area contributed by atoms with Gasteiger partial charge in [0.25, 0.3) is 0 Å². The summed E-state index contributed by atoms with van der Waals surface area (Å²) in [5.41, 5.74) is 1.55. The molecule has 5 nitrogen and oxygen atoms in total. The SMILES string of the molecule is CC(=O)OC1CC(C)=CCC(=O)C(C)=CC2OC(=O)C(C)C21. The molecule has 4 unspecified atom stereocenters. The summed E-state index contributed by atoms with van der Waals surface area (Å²) in [6, 6.07) is 0. The monoisotopic (exact) mass is 306 g/mol. The van der Waals surface area contributed by atoms with Gasteiger partial charge in [0.05, 0.1) is 11.8 Å². The summed E-state index contributed by atoms with van der Waals surface area (Å²) in [5.74, 6) is -1.33. The predicted molar refractivity (Wildman–Crippen MR) is 79.8 cm³/mol. The van der Waals surface area contributed by atoms with Gasteiger partial charge in [0.15, 0.2) is 5.78 Å². The number of allylic oxidation sites excluding steroid dienone is 2. The summed E-state index contributed by atoms with van der Waals surface area (Å²) < 4.78 is 10.9. The van der Waals surface area contributed by atoms with E-state index in [1.165, 1.54) is 6.92 Å². The van der Waals surface area contributed by atoms with Gasteiger partial charge in [-0.05, 0) is 25.5 Å². The lowest BCUT2D eigenvalue weighted by Crippen LogP contribution is -2.35. The summed E-state index contributed by atoms with van der Waals surface area (Å²) in [6.45, 7) is 6.77. The number of Topliss-reactive ketones (excluding diaryl/α,β-unsaturated/α-hetero) is 1. The second-order valence-electron chi connectivity index (χ2n) is 6.15. The Morgan fingerprint density at radius 2 is 2.00 bits per heavy atom. The first-order valence-corrected chi connectivity index (χ1v) is 7.54. The van der Waals surface area contributed by atoms with Gasteiger partial charge in [-0.2, -0.15) is 0 Å². The van der Waals surface area contributed by atoms with Gasteiger partial charge >= 0.3 is 11.9 Å². The molecule has 0 saturated carbocycles. The number of hydrogen-bond donors (Lipinski definition) is 0. The minimum absolute atomic E-state index is 0.0136. The van der Waals surface area contributed by atoms with Gasteiger partial charge in [-0.25, -0.2) is 0 Å². The second-order valence-corrected chi connectivity index (χ2v) is 6.15. The van der Waals surface area contributed by atoms with E-state index < -0.39 is 12.2 Å². The molecule has 0 radical (unpaired) electrons. The maximum atomic E-state index is 12.0. The van der Waals surface area contributed by atoms with E-state index >= 15 is 0 Å². The molecule has 0 aromatic rings. The fraction of sp³-hybridized carbons (Fsp3) is 0.588. The van der Waals surface area contributed by atoms with Crippen LogP contribution in [-0.2, 0) is 23.9 Å². The molecule has 0 spiro atoms. The predicted octanol–water partition coefficient (Wildman–Crippen LogP) is 2.35. The van der Waals surface area contributed by atoms with E-state index in [1.54, 1.807) is 19.9 Å². The second kappa shape index (κ2) is 6.46. The summed E-state index contributed by atoms with van der Waals surface area (Å²) in [6.07, 6.45) is 3.40. The van der Waals surface area contributed by atoms with Crippen molar-refractivity contribution in [2.75, 3.05) is 0 Å². The Morgan fingerprint density at radius 1 is 1.32 bits per heavy atom. The first-order valence-electron chi connectivity index (χ1n) is 7.54. The van der Waals surface area contributed by atoms with Gasteiger partial charge in [0, 0.05) is 19.8 Å². The third kappa shape index (κ3) is 3.46. The van der Waals surface area contributed by atoms with Gasteiger partial charge in [0.1, 0.15) is 12.2 Å². The van der Waals surface area contributed by atoms with E-state index in [0.717, 1.165) is 5.57 Å². The normalized spacial score (nSPS) is 32.5. The lowest BCUT2D eigenvalue weighted by Gasteiger charge is -2.28. The van der Waals surface area contributed by atoms with Crippen LogP contribution in [0.25, 0.3) is 0 Å². The van der Waals surface area contributed by atoms with Crippen molar-refractivity contribution in [1.82, 2.24) is 0 Å². The third-order valence-electron chi connectivity index (χ3n) is 4.34. The summed E-state index contributed by atoms with van der Waals surface area (Å²) in [4.78, 5) is 35.4. The zero-order valence-corrected chi connectivity index (χ0v) is 13.4. The Hall–Kier alpha value is -1.91. The van der Waals surface area contributed by atoms with Crippen LogP contribution in [0.4, 0.5) is 0 Å². The van der Waals surface area contributed by atoms with Crippen LogP contribution < -0.4 is 0 Å². The van der Waals surface area contributed by atoms with Crippen LogP contribution in [0.2, 0.25) is 0 Å². The molecule has 1 aliphatic carbocycles. The molecule has 1 aliphatic heterocycles. The number of ketones is 1. The summed E-state index contributed by atoms with van der Waals surface area (Å²) in [7, 11) is 0. The molecule has 0 aromatic carbocycles. The molecule has 22 heavy (non-hydrogen) atoms. The van der Waals surface area contributed by atoms with Gasteiger partial charge in [-0.3, -0.25) is 14.4 Å². The minimum atomic E-state index is -0.526. The van der Waals surface area contributed by atoms with Crippen LogP contribution in [0.5, 0.6) is 0 Å². The highest BCUT2D eigenvalue weighted by atomic mass is 16.6. The quantitative estimate of drug-likeness (QED) is 0.549. The lowest BCUT2D eigenvalue weighted by atomic mass is 9.82. The zero-order valence-electron chi connectivity index (χ0n) is 13.4. The van der Waals surface area contributed by atoms with Crippen molar-refractivity contribution in [3.63, 3.8) is 0 Å². The van der Waals surface area contributed by atoms with Crippen molar-refractivity contribution in [3.8, 4) is 0 Å². The first-order chi connectivity index (χ1) is 10.3. The van der Waals surface area contributed by atoms with E-state index in [2.05, 4.69) is 0 Å². The molecule has 120 valence electrons. The van der Waals surface area contributed by atoms with Crippen LogP contribution in [0.3, 0.4) is 0 Å². The number of esters is 2. The van der Waals surface area contributed by atoms with E-state index in [0.29, 0.717) is 18.4 Å². The fourth-order valence-electron chi connectivity index (χ4n) is 3.08. The van der Waals surface area contributed by atoms with Gasteiger partial charge < -0.3 is 9.47 Å². The Morgan fingerprint density at radius 3 is 2.64 bits per heavy atom. The maximum absolute atomic E-state index is 12.0. The Labute approximate surface area is 130 Å². The zero-order chi connectivity index (χ0) is 16.4. The molecule has 4 atom stereocenters. The molecule has 0 amide bonds. The summed E-state index contributed by atoms with van der Waals surface area (Å²) >= 11 is 0. The highest BCUT2D eigenvalue weighted by molar-refractivity contribution is 5.96. The lowest BCUT2D eigenvalue weighted by molar-refractivity contribution is -0.150. The highest BCUT2D eigenvalue weighted by Gasteiger charge is 2.46. The van der Waals surface area contributed by atoms with Gasteiger partial charge in [0.2, 0.25) is 0 Å². The molecule has 2 rings (SSSR count). The molecular formula is C17H22O5. The molecule has 0 N–H and O–H groups in total. The largest absolute Gasteiger partial charge is 0.462 e. The number of carbonyl (C=O) groups is 3. The fourth-order valence-corrected chi connectivity index (χ4v) is 3.08. The van der Waals surface area contributed by atoms with Gasteiger partial charge in [-0.1, -0.05) is 18.6 Å². The molecule has 0 bridgehead atoms. The van der Waals surface area contributed by atoms with E-state index in [9.17, 15) is 14.4 Å². The summed E-state index contributed by atoms with van der Waals surface area (Å²) in [5, 5.41) is 0. The van der Waals surface area contributed by atoms with E-state index in [4.69, 9.17) is 9.47 Å². The Kier molecular flexibility index (Phi) is 4.84. The number of fused-ring (bicyclic) bond motifs is 1. The average molecular weight is 306 g/mol. The Bertz CT molecular complexity index is 557. The van der Waals surface area contributed by atoms with Crippen molar-refractivity contribution < 1.29 is 23.9 Å². The minimum Gasteiger partial charge on any atom is -0.462 e. The number of carbonyl (C=O) groups excluding carboxylic acids is 3. The van der Waals surface area contributed by atoms with Crippen LogP contribution in [0.15, 0.2) is 23.3 Å². The highest BCUT2D eigenvalue weighted by Crippen LogP contribution is 2.36. The van der Waals surface area contributed by atoms with Crippen molar-refractivity contribution in [3.05, 3.63) is 23.3 Å². The number of hydrogen-bond acceptors (Lipinski definition) is 5. The van der Waals surface area contributed by atoms with Crippen LogP contribution in [-0.4, -0.2) is 29.9 Å². The van der Waals surface area contributed by atoms with Crippen molar-refractivity contribution >= 4 is 17.7 Å². The number of rotatable bonds is 1. The topological polar surface area (TPSA) is 69.7 Å². The molecule has 5 heteroatoms. The molecule has 0 aromatic heterocycles. The van der Waals surface area contributed by atoms with Crippen molar-refractivity contribution in [1.29, 1.82) is 0 Å². The average Bonchev–Trinajstić information content (AvgIpc) is 2.69. The Balaban J connectivity index is 2.43. The van der Waals surface area contributed by atoms with E-state index in [1.807, 2.05) is 13.0 Å². The maximum Gasteiger partial charge on any atom is 0.309 e. The van der Waals surface area contributed by atoms with Gasteiger partial charge in [-0.15, -0.1) is 0 Å². The first kappa shape index (κ1) is 16.5. The van der Waals surface area contributed by atoms with Crippen LogP contribution >= 0.6 is 0 Å². The van der Waals surface area contributed by atoms with Crippen LogP contribution in [0.1, 0.15) is 40.5 Å². The van der Waals surface area contributed by atoms with Crippen molar-refractivity contribution in [2.45, 2.75) is 52.7 Å².